The molecule has 1 aromatic heterocycles. The maximum absolute atomic E-state index is 11.8. The summed E-state index contributed by atoms with van der Waals surface area (Å²) in [5, 5.41) is 3.49. The fourth-order valence-electron chi connectivity index (χ4n) is 2.95. The fraction of sp³-hybridized carbons (Fsp3) is 0.353. The third-order valence-corrected chi connectivity index (χ3v) is 6.05. The van der Waals surface area contributed by atoms with Crippen molar-refractivity contribution in [1.29, 1.82) is 0 Å². The third kappa shape index (κ3) is 2.91. The van der Waals surface area contributed by atoms with E-state index in [9.17, 15) is 8.42 Å². The molecule has 0 fully saturated rings. The molecule has 2 aromatic rings. The molecule has 0 radical (unpaired) electrons. The van der Waals surface area contributed by atoms with E-state index in [1.807, 2.05) is 24.4 Å². The second-order valence-corrected chi connectivity index (χ2v) is 7.92. The van der Waals surface area contributed by atoms with Gasteiger partial charge in [-0.1, -0.05) is 12.1 Å². The van der Waals surface area contributed by atoms with E-state index >= 15 is 0 Å². The molecule has 1 aliphatic rings. The molecule has 0 saturated heterocycles. The number of fused-ring (bicyclic) bond motifs is 1. The molecule has 1 N–H and O–H groups in total. The zero-order chi connectivity index (χ0) is 15.7. The van der Waals surface area contributed by atoms with Crippen molar-refractivity contribution in [2.75, 3.05) is 5.75 Å². The SMILES string of the molecule is Cc1cnccc1C(C)NCc1ccc2c(c1)CCS2(=O)=O. The number of rotatable bonds is 4. The zero-order valence-corrected chi connectivity index (χ0v) is 13.7. The average Bonchev–Trinajstić information content (AvgIpc) is 2.80. The predicted molar refractivity (Wildman–Crippen MR) is 86.4 cm³/mol. The predicted octanol–water partition coefficient (Wildman–Crippen LogP) is 2.57. The van der Waals surface area contributed by atoms with Gasteiger partial charge in [0.2, 0.25) is 0 Å². The van der Waals surface area contributed by atoms with Crippen molar-refractivity contribution in [2.24, 2.45) is 0 Å². The van der Waals surface area contributed by atoms with Crippen molar-refractivity contribution in [1.82, 2.24) is 10.3 Å². The lowest BCUT2D eigenvalue weighted by Gasteiger charge is -2.16. The number of nitrogens with one attached hydrogen (secondary N) is 1. The molecule has 1 aliphatic heterocycles. The van der Waals surface area contributed by atoms with Crippen LogP contribution in [-0.4, -0.2) is 19.2 Å². The average molecular weight is 316 g/mol. The summed E-state index contributed by atoms with van der Waals surface area (Å²) in [6.07, 6.45) is 4.30. The van der Waals surface area contributed by atoms with Gasteiger partial charge in [-0.25, -0.2) is 8.42 Å². The molecule has 116 valence electrons. The first kappa shape index (κ1) is 15.2. The molecule has 0 aliphatic carbocycles. The molecular weight excluding hydrogens is 296 g/mol. The normalized spacial score (nSPS) is 17.2. The van der Waals surface area contributed by atoms with Gasteiger partial charge in [-0.2, -0.15) is 0 Å². The summed E-state index contributed by atoms with van der Waals surface area (Å²) in [6, 6.07) is 7.92. The Morgan fingerprint density at radius 1 is 1.32 bits per heavy atom. The molecular formula is C17H20N2O2S. The van der Waals surface area contributed by atoms with Crippen LogP contribution in [-0.2, 0) is 22.8 Å². The highest BCUT2D eigenvalue weighted by atomic mass is 32.2. The quantitative estimate of drug-likeness (QED) is 0.942. The first-order valence-corrected chi connectivity index (χ1v) is 9.11. The summed E-state index contributed by atoms with van der Waals surface area (Å²) in [7, 11) is -3.03. The number of hydrogen-bond acceptors (Lipinski definition) is 4. The molecule has 22 heavy (non-hydrogen) atoms. The van der Waals surface area contributed by atoms with Gasteiger partial charge in [-0.15, -0.1) is 0 Å². The van der Waals surface area contributed by atoms with E-state index in [4.69, 9.17) is 0 Å². The first-order valence-electron chi connectivity index (χ1n) is 7.46. The Balaban J connectivity index is 1.72. The summed E-state index contributed by atoms with van der Waals surface area (Å²) in [6.45, 7) is 4.90. The molecule has 1 unspecified atom stereocenters. The lowest BCUT2D eigenvalue weighted by molar-refractivity contribution is 0.571. The highest BCUT2D eigenvalue weighted by Gasteiger charge is 2.25. The van der Waals surface area contributed by atoms with Crippen LogP contribution in [0, 0.1) is 6.92 Å². The lowest BCUT2D eigenvalue weighted by atomic mass is 10.0. The Bertz CT molecular complexity index is 800. The Kier molecular flexibility index (Phi) is 4.02. The molecule has 1 atom stereocenters. The van der Waals surface area contributed by atoms with E-state index in [-0.39, 0.29) is 11.8 Å². The van der Waals surface area contributed by atoms with Gasteiger partial charge in [-0.3, -0.25) is 4.98 Å². The first-order chi connectivity index (χ1) is 10.5. The topological polar surface area (TPSA) is 59.1 Å². The third-order valence-electron chi connectivity index (χ3n) is 4.24. The van der Waals surface area contributed by atoms with Crippen molar-refractivity contribution in [3.63, 3.8) is 0 Å². The van der Waals surface area contributed by atoms with Crippen LogP contribution in [0.15, 0.2) is 41.6 Å². The van der Waals surface area contributed by atoms with Crippen LogP contribution in [0.4, 0.5) is 0 Å². The number of pyridine rings is 1. The van der Waals surface area contributed by atoms with Gasteiger partial charge in [0.05, 0.1) is 10.6 Å². The minimum Gasteiger partial charge on any atom is -0.306 e. The van der Waals surface area contributed by atoms with Crippen LogP contribution in [0.5, 0.6) is 0 Å². The van der Waals surface area contributed by atoms with Gasteiger partial charge in [0.15, 0.2) is 9.84 Å². The molecule has 1 aromatic carbocycles. The number of sulfone groups is 1. The summed E-state index contributed by atoms with van der Waals surface area (Å²) in [5.41, 5.74) is 4.47. The second-order valence-electron chi connectivity index (χ2n) is 5.85. The van der Waals surface area contributed by atoms with E-state index in [0.717, 1.165) is 17.7 Å². The Hall–Kier alpha value is -1.72. The van der Waals surface area contributed by atoms with Crippen molar-refractivity contribution in [3.8, 4) is 0 Å². The highest BCUT2D eigenvalue weighted by Crippen LogP contribution is 2.27. The van der Waals surface area contributed by atoms with Gasteiger partial charge in [0, 0.05) is 25.0 Å². The second kappa shape index (κ2) is 5.82. The maximum atomic E-state index is 11.8. The van der Waals surface area contributed by atoms with E-state index < -0.39 is 9.84 Å². The standard InChI is InChI=1S/C17H20N2O2S/c1-12-10-18-7-5-16(12)13(2)19-11-14-3-4-17-15(9-14)6-8-22(17,20)21/h3-5,7,9-10,13,19H,6,8,11H2,1-2H3. The van der Waals surface area contributed by atoms with Crippen LogP contribution in [0.1, 0.15) is 35.2 Å². The van der Waals surface area contributed by atoms with Crippen LogP contribution in [0.2, 0.25) is 0 Å². The minimum atomic E-state index is -3.03. The molecule has 0 amide bonds. The van der Waals surface area contributed by atoms with Gasteiger partial charge in [0.25, 0.3) is 0 Å². The number of nitrogens with zero attached hydrogens (tertiary/aromatic N) is 1. The van der Waals surface area contributed by atoms with Crippen molar-refractivity contribution in [3.05, 3.63) is 58.9 Å². The number of hydrogen-bond donors (Lipinski definition) is 1. The molecule has 0 saturated carbocycles. The van der Waals surface area contributed by atoms with Crippen LogP contribution in [0.25, 0.3) is 0 Å². The van der Waals surface area contributed by atoms with Gasteiger partial charge < -0.3 is 5.32 Å². The maximum Gasteiger partial charge on any atom is 0.178 e. The molecule has 2 heterocycles. The summed E-state index contributed by atoms with van der Waals surface area (Å²) in [4.78, 5) is 4.62. The molecule has 0 bridgehead atoms. The Morgan fingerprint density at radius 2 is 2.14 bits per heavy atom. The monoisotopic (exact) mass is 316 g/mol. The van der Waals surface area contributed by atoms with Gasteiger partial charge in [0.1, 0.15) is 0 Å². The van der Waals surface area contributed by atoms with Crippen molar-refractivity contribution >= 4 is 9.84 Å². The largest absolute Gasteiger partial charge is 0.306 e. The highest BCUT2D eigenvalue weighted by molar-refractivity contribution is 7.91. The smallest absolute Gasteiger partial charge is 0.178 e. The Labute approximate surface area is 131 Å². The molecule has 4 nitrogen and oxygen atoms in total. The van der Waals surface area contributed by atoms with Crippen LogP contribution >= 0.6 is 0 Å². The number of benzene rings is 1. The minimum absolute atomic E-state index is 0.222. The van der Waals surface area contributed by atoms with Crippen molar-refractivity contribution < 1.29 is 8.42 Å². The summed E-state index contributed by atoms with van der Waals surface area (Å²) in [5.74, 6) is 0.242. The van der Waals surface area contributed by atoms with E-state index in [2.05, 4.69) is 24.1 Å². The van der Waals surface area contributed by atoms with Crippen LogP contribution in [0.3, 0.4) is 0 Å². The molecule has 5 heteroatoms. The van der Waals surface area contributed by atoms with Gasteiger partial charge >= 0.3 is 0 Å². The summed E-state index contributed by atoms with van der Waals surface area (Å²) < 4.78 is 23.7. The zero-order valence-electron chi connectivity index (χ0n) is 12.8. The van der Waals surface area contributed by atoms with Crippen molar-refractivity contribution in [2.45, 2.75) is 37.8 Å². The summed E-state index contributed by atoms with van der Waals surface area (Å²) >= 11 is 0. The number of aryl methyl sites for hydroxylation is 2. The van der Waals surface area contributed by atoms with E-state index in [1.54, 1.807) is 12.3 Å². The number of aromatic nitrogens is 1. The van der Waals surface area contributed by atoms with Crippen LogP contribution < -0.4 is 5.32 Å². The van der Waals surface area contributed by atoms with Gasteiger partial charge in [-0.05, 0) is 54.7 Å². The fourth-order valence-corrected chi connectivity index (χ4v) is 4.49. The Morgan fingerprint density at radius 3 is 2.91 bits per heavy atom. The molecule has 0 spiro atoms. The van der Waals surface area contributed by atoms with E-state index in [1.165, 1.54) is 11.1 Å². The van der Waals surface area contributed by atoms with E-state index in [0.29, 0.717) is 11.3 Å². The molecule has 3 rings (SSSR count). The lowest BCUT2D eigenvalue weighted by Crippen LogP contribution is -2.19.